The molecule has 0 saturated heterocycles. The van der Waals surface area contributed by atoms with Gasteiger partial charge >= 0.3 is 11.9 Å². The third kappa shape index (κ3) is 4.51. The van der Waals surface area contributed by atoms with Gasteiger partial charge in [0.1, 0.15) is 0 Å². The first-order valence-electron chi connectivity index (χ1n) is 7.02. The highest BCUT2D eigenvalue weighted by Gasteiger charge is 2.38. The topological polar surface area (TPSA) is 52.6 Å². The largest absolute Gasteiger partial charge is 0.463 e. The van der Waals surface area contributed by atoms with Crippen LogP contribution in [0, 0.1) is 11.3 Å². The van der Waals surface area contributed by atoms with Crippen LogP contribution in [-0.4, -0.2) is 24.1 Å². The Bertz CT molecular complexity index is 420. The van der Waals surface area contributed by atoms with Crippen LogP contribution in [0.5, 0.6) is 0 Å². The SMILES string of the molecule is CC(C)OC(=O)C1C=CC=CC(C)(C(=O)OC(C)C)C1. The van der Waals surface area contributed by atoms with E-state index >= 15 is 0 Å². The summed E-state index contributed by atoms with van der Waals surface area (Å²) in [4.78, 5) is 24.3. The van der Waals surface area contributed by atoms with Crippen LogP contribution in [0.1, 0.15) is 41.0 Å². The predicted molar refractivity (Wildman–Crippen MR) is 77.0 cm³/mol. The molecule has 0 amide bonds. The molecule has 0 spiro atoms. The van der Waals surface area contributed by atoms with Gasteiger partial charge in [-0.05, 0) is 41.0 Å². The zero-order valence-corrected chi connectivity index (χ0v) is 12.9. The standard InChI is InChI=1S/C16H24O4/c1-11(2)19-14(17)13-8-6-7-9-16(5,10-13)15(18)20-12(3)4/h6-9,11-13H,10H2,1-5H3. The first-order chi connectivity index (χ1) is 9.24. The molecule has 0 aliphatic heterocycles. The number of ether oxygens (including phenoxy) is 2. The summed E-state index contributed by atoms with van der Waals surface area (Å²) < 4.78 is 10.5. The first kappa shape index (κ1) is 16.5. The van der Waals surface area contributed by atoms with Crippen molar-refractivity contribution in [3.63, 3.8) is 0 Å². The van der Waals surface area contributed by atoms with Gasteiger partial charge in [0.25, 0.3) is 0 Å². The second kappa shape index (κ2) is 6.73. The van der Waals surface area contributed by atoms with Gasteiger partial charge in [-0.25, -0.2) is 0 Å². The molecule has 1 aliphatic rings. The molecule has 0 radical (unpaired) electrons. The molecule has 0 aromatic heterocycles. The van der Waals surface area contributed by atoms with Crippen molar-refractivity contribution in [3.8, 4) is 0 Å². The molecule has 112 valence electrons. The van der Waals surface area contributed by atoms with E-state index in [0.29, 0.717) is 6.42 Å². The minimum Gasteiger partial charge on any atom is -0.463 e. The molecule has 0 aromatic rings. The van der Waals surface area contributed by atoms with E-state index in [1.54, 1.807) is 31.2 Å². The average Bonchev–Trinajstić information content (AvgIpc) is 2.50. The fourth-order valence-electron chi connectivity index (χ4n) is 2.04. The van der Waals surface area contributed by atoms with Crippen LogP contribution < -0.4 is 0 Å². The van der Waals surface area contributed by atoms with Crippen molar-refractivity contribution >= 4 is 11.9 Å². The molecular weight excluding hydrogens is 256 g/mol. The number of esters is 2. The highest BCUT2D eigenvalue weighted by molar-refractivity contribution is 5.82. The van der Waals surface area contributed by atoms with Crippen LogP contribution in [0.25, 0.3) is 0 Å². The molecular formula is C16H24O4. The Labute approximate surface area is 120 Å². The summed E-state index contributed by atoms with van der Waals surface area (Å²) >= 11 is 0. The molecule has 0 heterocycles. The zero-order chi connectivity index (χ0) is 15.3. The summed E-state index contributed by atoms with van der Waals surface area (Å²) in [6, 6.07) is 0. The van der Waals surface area contributed by atoms with Crippen molar-refractivity contribution in [1.29, 1.82) is 0 Å². The lowest BCUT2D eigenvalue weighted by Gasteiger charge is -2.27. The lowest BCUT2D eigenvalue weighted by atomic mass is 9.81. The number of carbonyl (C=O) groups excluding carboxylic acids is 2. The predicted octanol–water partition coefficient (Wildman–Crippen LogP) is 3.03. The van der Waals surface area contributed by atoms with Crippen LogP contribution in [0.3, 0.4) is 0 Å². The van der Waals surface area contributed by atoms with Crippen molar-refractivity contribution in [2.75, 3.05) is 0 Å². The smallest absolute Gasteiger partial charge is 0.315 e. The van der Waals surface area contributed by atoms with Crippen molar-refractivity contribution in [2.45, 2.75) is 53.2 Å². The monoisotopic (exact) mass is 280 g/mol. The molecule has 0 aromatic carbocycles. The molecule has 20 heavy (non-hydrogen) atoms. The maximum atomic E-state index is 12.2. The maximum Gasteiger partial charge on any atom is 0.315 e. The molecule has 0 fully saturated rings. The Morgan fingerprint density at radius 2 is 1.70 bits per heavy atom. The zero-order valence-electron chi connectivity index (χ0n) is 12.9. The van der Waals surface area contributed by atoms with E-state index in [2.05, 4.69) is 0 Å². The summed E-state index contributed by atoms with van der Waals surface area (Å²) in [7, 11) is 0. The molecule has 1 rings (SSSR count). The van der Waals surface area contributed by atoms with Gasteiger partial charge in [-0.2, -0.15) is 0 Å². The second-order valence-corrected chi connectivity index (χ2v) is 5.91. The summed E-state index contributed by atoms with van der Waals surface area (Å²) in [6.07, 6.45) is 7.14. The van der Waals surface area contributed by atoms with E-state index in [1.807, 2.05) is 27.7 Å². The van der Waals surface area contributed by atoms with Crippen molar-refractivity contribution in [2.24, 2.45) is 11.3 Å². The van der Waals surface area contributed by atoms with Crippen LogP contribution in [0.15, 0.2) is 24.3 Å². The second-order valence-electron chi connectivity index (χ2n) is 5.91. The molecule has 0 saturated carbocycles. The Morgan fingerprint density at radius 1 is 1.10 bits per heavy atom. The van der Waals surface area contributed by atoms with E-state index < -0.39 is 11.3 Å². The number of allylic oxidation sites excluding steroid dienone is 2. The third-order valence-electron chi connectivity index (χ3n) is 3.03. The summed E-state index contributed by atoms with van der Waals surface area (Å²) in [5.74, 6) is -1.05. The number of rotatable bonds is 4. The summed E-state index contributed by atoms with van der Waals surface area (Å²) in [5, 5.41) is 0. The lowest BCUT2D eigenvalue weighted by molar-refractivity contribution is -0.158. The Morgan fingerprint density at radius 3 is 2.25 bits per heavy atom. The fraction of sp³-hybridized carbons (Fsp3) is 0.625. The number of hydrogen-bond acceptors (Lipinski definition) is 4. The van der Waals surface area contributed by atoms with Gasteiger partial charge in [-0.1, -0.05) is 24.3 Å². The minimum absolute atomic E-state index is 0.166. The van der Waals surface area contributed by atoms with Crippen LogP contribution in [0.2, 0.25) is 0 Å². The van der Waals surface area contributed by atoms with E-state index in [-0.39, 0.29) is 24.1 Å². The van der Waals surface area contributed by atoms with Crippen molar-refractivity contribution in [1.82, 2.24) is 0 Å². The maximum absolute atomic E-state index is 12.2. The minimum atomic E-state index is -0.811. The summed E-state index contributed by atoms with van der Waals surface area (Å²) in [5.41, 5.74) is -0.811. The van der Waals surface area contributed by atoms with Gasteiger partial charge in [-0.15, -0.1) is 0 Å². The fourth-order valence-corrected chi connectivity index (χ4v) is 2.04. The van der Waals surface area contributed by atoms with Gasteiger partial charge < -0.3 is 9.47 Å². The highest BCUT2D eigenvalue weighted by atomic mass is 16.5. The van der Waals surface area contributed by atoms with Gasteiger partial charge in [0.15, 0.2) is 0 Å². The number of carbonyl (C=O) groups is 2. The molecule has 4 heteroatoms. The Hall–Kier alpha value is -1.58. The average molecular weight is 280 g/mol. The van der Waals surface area contributed by atoms with E-state index in [1.165, 1.54) is 0 Å². The highest BCUT2D eigenvalue weighted by Crippen LogP contribution is 2.33. The van der Waals surface area contributed by atoms with Gasteiger partial charge in [-0.3, -0.25) is 9.59 Å². The first-order valence-corrected chi connectivity index (χ1v) is 7.02. The quantitative estimate of drug-likeness (QED) is 0.743. The lowest BCUT2D eigenvalue weighted by Crippen LogP contribution is -2.34. The van der Waals surface area contributed by atoms with E-state index in [4.69, 9.17) is 9.47 Å². The third-order valence-corrected chi connectivity index (χ3v) is 3.03. The molecule has 4 nitrogen and oxygen atoms in total. The Kier molecular flexibility index (Phi) is 5.54. The molecule has 1 aliphatic carbocycles. The molecule has 2 unspecified atom stereocenters. The normalized spacial score (nSPS) is 25.6. The van der Waals surface area contributed by atoms with Crippen LogP contribution in [0.4, 0.5) is 0 Å². The van der Waals surface area contributed by atoms with Crippen molar-refractivity contribution < 1.29 is 19.1 Å². The van der Waals surface area contributed by atoms with Crippen molar-refractivity contribution in [3.05, 3.63) is 24.3 Å². The van der Waals surface area contributed by atoms with Crippen LogP contribution in [-0.2, 0) is 19.1 Å². The van der Waals surface area contributed by atoms with E-state index in [9.17, 15) is 9.59 Å². The van der Waals surface area contributed by atoms with Crippen LogP contribution >= 0.6 is 0 Å². The number of hydrogen-bond donors (Lipinski definition) is 0. The molecule has 0 N–H and O–H groups in total. The van der Waals surface area contributed by atoms with Gasteiger partial charge in [0.05, 0.1) is 23.5 Å². The van der Waals surface area contributed by atoms with Gasteiger partial charge in [0, 0.05) is 0 Å². The van der Waals surface area contributed by atoms with Gasteiger partial charge in [0.2, 0.25) is 0 Å². The molecule has 2 atom stereocenters. The Balaban J connectivity index is 2.84. The van der Waals surface area contributed by atoms with E-state index in [0.717, 1.165) is 0 Å². The molecule has 0 bridgehead atoms. The summed E-state index contributed by atoms with van der Waals surface area (Å²) in [6.45, 7) is 9.03.